The van der Waals surface area contributed by atoms with E-state index in [0.717, 1.165) is 0 Å². The molecule has 0 fully saturated rings. The van der Waals surface area contributed by atoms with Gasteiger partial charge in [-0.1, -0.05) is 0 Å². The van der Waals surface area contributed by atoms with Crippen molar-refractivity contribution in [2.75, 3.05) is 0 Å². The minimum atomic E-state index is -1.28. The molecule has 0 unspecified atom stereocenters. The van der Waals surface area contributed by atoms with Crippen molar-refractivity contribution in [2.45, 2.75) is 6.04 Å². The molecule has 0 spiro atoms. The van der Waals surface area contributed by atoms with Crippen LogP contribution in [-0.4, -0.2) is 21.2 Å². The molecule has 1 aromatic rings. The van der Waals surface area contributed by atoms with E-state index in [0.29, 0.717) is 3.70 Å². The monoisotopic (exact) mass is 294 g/mol. The second-order valence-corrected chi connectivity index (χ2v) is 3.46. The van der Waals surface area contributed by atoms with Crippen molar-refractivity contribution in [3.63, 3.8) is 0 Å². The lowest BCUT2D eigenvalue weighted by Crippen LogP contribution is -2.22. The second kappa shape index (κ2) is 3.88. The van der Waals surface area contributed by atoms with E-state index in [1.165, 1.54) is 6.07 Å². The van der Waals surface area contributed by atoms with Gasteiger partial charge in [-0.3, -0.25) is 4.79 Å². The highest BCUT2D eigenvalue weighted by Gasteiger charge is 2.19. The van der Waals surface area contributed by atoms with Crippen molar-refractivity contribution < 1.29 is 15.0 Å². The number of hydrogen-bond donors (Lipinski definition) is 3. The Hall–Kier alpha value is -0.890. The summed E-state index contributed by atoms with van der Waals surface area (Å²) in [5, 5.41) is 17.8. The van der Waals surface area contributed by atoms with Crippen molar-refractivity contribution in [1.29, 1.82) is 0 Å². The molecule has 1 aromatic heterocycles. The first-order valence-electron chi connectivity index (χ1n) is 3.36. The van der Waals surface area contributed by atoms with Gasteiger partial charge in [0.1, 0.15) is 21.2 Å². The van der Waals surface area contributed by atoms with Gasteiger partial charge in [0, 0.05) is 0 Å². The molecule has 13 heavy (non-hydrogen) atoms. The smallest absolute Gasteiger partial charge is 0.326 e. The minimum absolute atomic E-state index is 0.0144. The third kappa shape index (κ3) is 2.28. The molecule has 4 N–H and O–H groups in total. The van der Waals surface area contributed by atoms with Crippen molar-refractivity contribution in [2.24, 2.45) is 5.73 Å². The SMILES string of the molecule is N[C@@H](C(=O)O)c1nc(I)ccc1O. The van der Waals surface area contributed by atoms with Crippen molar-refractivity contribution >= 4 is 28.6 Å². The lowest BCUT2D eigenvalue weighted by atomic mass is 10.2. The number of hydrogen-bond acceptors (Lipinski definition) is 4. The van der Waals surface area contributed by atoms with E-state index >= 15 is 0 Å². The molecule has 0 aliphatic heterocycles. The maximum absolute atomic E-state index is 10.5. The highest BCUT2D eigenvalue weighted by molar-refractivity contribution is 14.1. The van der Waals surface area contributed by atoms with Crippen LogP contribution in [0.15, 0.2) is 12.1 Å². The highest BCUT2D eigenvalue weighted by Crippen LogP contribution is 2.21. The number of pyridine rings is 1. The molecule has 0 saturated carbocycles. The first-order chi connectivity index (χ1) is 6.02. The predicted molar refractivity (Wildman–Crippen MR) is 53.2 cm³/mol. The van der Waals surface area contributed by atoms with Crippen LogP contribution in [0.4, 0.5) is 0 Å². The first kappa shape index (κ1) is 10.2. The maximum atomic E-state index is 10.5. The van der Waals surface area contributed by atoms with Gasteiger partial charge in [0.25, 0.3) is 0 Å². The summed E-state index contributed by atoms with van der Waals surface area (Å²) in [6, 6.07) is 1.65. The van der Waals surface area contributed by atoms with Gasteiger partial charge in [0.05, 0.1) is 0 Å². The molecule has 0 aliphatic rings. The standard InChI is InChI=1S/C7H7IN2O3/c8-4-2-1-3(11)6(10-4)5(9)7(12)13/h1-2,5,11H,9H2,(H,12,13)/t5-/m1/s1. The van der Waals surface area contributed by atoms with Crippen LogP contribution in [0, 0.1) is 3.70 Å². The number of aromatic hydroxyl groups is 1. The molecule has 0 saturated heterocycles. The number of carboxylic acids is 1. The van der Waals surface area contributed by atoms with E-state index in [1.807, 2.05) is 22.6 Å². The molecule has 6 heteroatoms. The number of aromatic nitrogens is 1. The van der Waals surface area contributed by atoms with Gasteiger partial charge in [0.2, 0.25) is 0 Å². The van der Waals surface area contributed by atoms with E-state index in [9.17, 15) is 9.90 Å². The summed E-state index contributed by atoms with van der Waals surface area (Å²) in [4.78, 5) is 14.3. The molecule has 1 heterocycles. The zero-order valence-electron chi connectivity index (χ0n) is 6.44. The third-order valence-corrected chi connectivity index (χ3v) is 2.03. The zero-order chi connectivity index (χ0) is 10.0. The summed E-state index contributed by atoms with van der Waals surface area (Å²) in [5.74, 6) is -1.42. The van der Waals surface area contributed by atoms with Crippen molar-refractivity contribution in [3.05, 3.63) is 21.5 Å². The van der Waals surface area contributed by atoms with Crippen molar-refractivity contribution in [3.8, 4) is 5.75 Å². The number of rotatable bonds is 2. The van der Waals surface area contributed by atoms with E-state index in [1.54, 1.807) is 6.07 Å². The number of aliphatic carboxylic acids is 1. The molecule has 1 atom stereocenters. The van der Waals surface area contributed by atoms with Gasteiger partial charge >= 0.3 is 5.97 Å². The fraction of sp³-hybridized carbons (Fsp3) is 0.143. The molecule has 0 aromatic carbocycles. The van der Waals surface area contributed by atoms with E-state index in [4.69, 9.17) is 10.8 Å². The average Bonchev–Trinajstić information content (AvgIpc) is 2.08. The molecule has 0 bridgehead atoms. The van der Waals surface area contributed by atoms with E-state index in [-0.39, 0.29) is 11.4 Å². The Balaban J connectivity index is 3.12. The van der Waals surface area contributed by atoms with Crippen LogP contribution in [0.3, 0.4) is 0 Å². The summed E-state index contributed by atoms with van der Waals surface area (Å²) < 4.78 is 0.585. The normalized spacial score (nSPS) is 12.5. The Bertz CT molecular complexity index is 343. The number of carbonyl (C=O) groups is 1. The molecular formula is C7H7IN2O3. The molecule has 70 valence electrons. The summed E-state index contributed by atoms with van der Waals surface area (Å²) in [6.07, 6.45) is 0. The van der Waals surface area contributed by atoms with Crippen LogP contribution < -0.4 is 5.73 Å². The Morgan fingerprint density at radius 1 is 1.62 bits per heavy atom. The van der Waals surface area contributed by atoms with Gasteiger partial charge in [-0.2, -0.15) is 0 Å². The Kier molecular flexibility index (Phi) is 3.04. The fourth-order valence-corrected chi connectivity index (χ4v) is 1.23. The predicted octanol–water partition coefficient (Wildman–Crippen LogP) is 0.476. The summed E-state index contributed by atoms with van der Waals surface area (Å²) in [6.45, 7) is 0. The van der Waals surface area contributed by atoms with Gasteiger partial charge < -0.3 is 15.9 Å². The highest BCUT2D eigenvalue weighted by atomic mass is 127. The minimum Gasteiger partial charge on any atom is -0.506 e. The van der Waals surface area contributed by atoms with Crippen LogP contribution in [0.5, 0.6) is 5.75 Å². The van der Waals surface area contributed by atoms with Gasteiger partial charge in [-0.25, -0.2) is 4.98 Å². The third-order valence-electron chi connectivity index (χ3n) is 1.43. The molecular weight excluding hydrogens is 287 g/mol. The van der Waals surface area contributed by atoms with Crippen LogP contribution in [-0.2, 0) is 4.79 Å². The second-order valence-electron chi connectivity index (χ2n) is 2.35. The fourth-order valence-electron chi connectivity index (χ4n) is 0.789. The lowest BCUT2D eigenvalue weighted by molar-refractivity contribution is -0.138. The molecule has 0 amide bonds. The van der Waals surface area contributed by atoms with Crippen LogP contribution in [0.25, 0.3) is 0 Å². The molecule has 5 nitrogen and oxygen atoms in total. The van der Waals surface area contributed by atoms with Crippen LogP contribution in [0.1, 0.15) is 11.7 Å². The van der Waals surface area contributed by atoms with Gasteiger partial charge in [-0.05, 0) is 34.7 Å². The molecule has 0 radical (unpaired) electrons. The Morgan fingerprint density at radius 2 is 2.23 bits per heavy atom. The largest absolute Gasteiger partial charge is 0.506 e. The Labute approximate surface area is 87.7 Å². The number of nitrogens with two attached hydrogens (primary N) is 1. The Morgan fingerprint density at radius 3 is 2.77 bits per heavy atom. The lowest BCUT2D eigenvalue weighted by Gasteiger charge is -2.07. The number of carboxylic acid groups (broad SMARTS) is 1. The van der Waals surface area contributed by atoms with Crippen LogP contribution in [0.2, 0.25) is 0 Å². The first-order valence-corrected chi connectivity index (χ1v) is 4.44. The van der Waals surface area contributed by atoms with Crippen LogP contribution >= 0.6 is 22.6 Å². The summed E-state index contributed by atoms with van der Waals surface area (Å²) in [7, 11) is 0. The molecule has 0 aliphatic carbocycles. The van der Waals surface area contributed by atoms with E-state index < -0.39 is 12.0 Å². The maximum Gasteiger partial charge on any atom is 0.326 e. The quantitative estimate of drug-likeness (QED) is 0.544. The summed E-state index contributed by atoms with van der Waals surface area (Å²) in [5.41, 5.74) is 5.27. The number of halogens is 1. The van der Waals surface area contributed by atoms with Crippen molar-refractivity contribution in [1.82, 2.24) is 4.98 Å². The number of nitrogens with zero attached hydrogens (tertiary/aromatic N) is 1. The van der Waals surface area contributed by atoms with E-state index in [2.05, 4.69) is 4.98 Å². The summed E-state index contributed by atoms with van der Waals surface area (Å²) >= 11 is 1.91. The zero-order valence-corrected chi connectivity index (χ0v) is 8.59. The molecule has 1 rings (SSSR count). The van der Waals surface area contributed by atoms with Gasteiger partial charge in [0.15, 0.2) is 0 Å². The topological polar surface area (TPSA) is 96.4 Å². The average molecular weight is 294 g/mol. The van der Waals surface area contributed by atoms with Gasteiger partial charge in [-0.15, -0.1) is 0 Å².